The second-order valence-electron chi connectivity index (χ2n) is 4.85. The summed E-state index contributed by atoms with van der Waals surface area (Å²) < 4.78 is 7.07. The molecule has 0 spiro atoms. The molecule has 0 saturated carbocycles. The Balaban J connectivity index is 1.74. The fraction of sp³-hybridized carbons (Fsp3) is 0.692. The van der Waals surface area contributed by atoms with Gasteiger partial charge in [0.1, 0.15) is 0 Å². The molecule has 19 heavy (non-hydrogen) atoms. The number of rotatable bonds is 7. The van der Waals surface area contributed by atoms with Crippen LogP contribution >= 0.6 is 0 Å². The molecule has 0 amide bonds. The van der Waals surface area contributed by atoms with E-state index in [0.29, 0.717) is 0 Å². The quantitative estimate of drug-likeness (QED) is 0.718. The van der Waals surface area contributed by atoms with Gasteiger partial charge in [-0.05, 0) is 19.0 Å². The maximum absolute atomic E-state index is 5.16. The first-order valence-corrected chi connectivity index (χ1v) is 6.74. The van der Waals surface area contributed by atoms with E-state index in [1.165, 1.54) is 5.57 Å². The van der Waals surface area contributed by atoms with Crippen molar-refractivity contribution in [1.29, 1.82) is 0 Å². The highest BCUT2D eigenvalue weighted by Gasteiger charge is 2.11. The Morgan fingerprint density at radius 2 is 2.32 bits per heavy atom. The Morgan fingerprint density at radius 3 is 3.00 bits per heavy atom. The maximum Gasteiger partial charge on any atom is 0.0964 e. The first-order valence-electron chi connectivity index (χ1n) is 6.74. The van der Waals surface area contributed by atoms with Gasteiger partial charge < -0.3 is 10.1 Å². The Bertz CT molecular complexity index is 415. The number of nitrogens with one attached hydrogen (secondary N) is 1. The van der Waals surface area contributed by atoms with Crippen molar-refractivity contribution in [2.45, 2.75) is 19.5 Å². The molecule has 2 heterocycles. The molecule has 6 nitrogen and oxygen atoms in total. The lowest BCUT2D eigenvalue weighted by molar-refractivity contribution is 0.209. The Kier molecular flexibility index (Phi) is 5.50. The lowest BCUT2D eigenvalue weighted by Crippen LogP contribution is -2.32. The van der Waals surface area contributed by atoms with Crippen LogP contribution < -0.4 is 5.32 Å². The average Bonchev–Trinajstić information content (AvgIpc) is 2.87. The van der Waals surface area contributed by atoms with Crippen molar-refractivity contribution in [3.05, 3.63) is 23.5 Å². The first kappa shape index (κ1) is 14.2. The summed E-state index contributed by atoms with van der Waals surface area (Å²) in [6, 6.07) is 0. The minimum atomic E-state index is 0.768. The summed E-state index contributed by atoms with van der Waals surface area (Å²) in [7, 11) is 3.66. The summed E-state index contributed by atoms with van der Waals surface area (Å²) in [4.78, 5) is 2.43. The molecular weight excluding hydrogens is 242 g/mol. The molecule has 1 aromatic rings. The van der Waals surface area contributed by atoms with Gasteiger partial charge >= 0.3 is 0 Å². The van der Waals surface area contributed by atoms with Gasteiger partial charge in [-0.3, -0.25) is 9.58 Å². The van der Waals surface area contributed by atoms with Gasteiger partial charge in [0, 0.05) is 39.5 Å². The van der Waals surface area contributed by atoms with E-state index < -0.39 is 0 Å². The smallest absolute Gasteiger partial charge is 0.0964 e. The average molecular weight is 265 g/mol. The molecule has 1 N–H and O–H groups in total. The minimum Gasteiger partial charge on any atom is -0.380 e. The predicted molar refractivity (Wildman–Crippen MR) is 73.8 cm³/mol. The Hall–Kier alpha value is -1.24. The molecule has 2 rings (SSSR count). The zero-order valence-electron chi connectivity index (χ0n) is 11.8. The van der Waals surface area contributed by atoms with Crippen molar-refractivity contribution >= 4 is 0 Å². The summed E-state index contributed by atoms with van der Waals surface area (Å²) in [6.07, 6.45) is 5.39. The third-order valence-corrected chi connectivity index (χ3v) is 3.31. The van der Waals surface area contributed by atoms with Gasteiger partial charge in [-0.2, -0.15) is 0 Å². The van der Waals surface area contributed by atoms with Crippen LogP contribution in [0.15, 0.2) is 17.8 Å². The van der Waals surface area contributed by atoms with Crippen LogP contribution in [0.2, 0.25) is 0 Å². The monoisotopic (exact) mass is 265 g/mol. The molecule has 1 aliphatic rings. The summed E-state index contributed by atoms with van der Waals surface area (Å²) in [5, 5.41) is 11.3. The highest BCUT2D eigenvalue weighted by Crippen LogP contribution is 2.10. The number of hydrogen-bond donors (Lipinski definition) is 1. The largest absolute Gasteiger partial charge is 0.380 e. The minimum absolute atomic E-state index is 0.768. The van der Waals surface area contributed by atoms with Crippen LogP contribution in [0.3, 0.4) is 0 Å². The molecule has 0 radical (unpaired) electrons. The van der Waals surface area contributed by atoms with Gasteiger partial charge in [-0.1, -0.05) is 11.3 Å². The topological polar surface area (TPSA) is 55.2 Å². The molecule has 1 aromatic heterocycles. The van der Waals surface area contributed by atoms with Gasteiger partial charge in [0.15, 0.2) is 0 Å². The molecule has 0 aromatic carbocycles. The third-order valence-electron chi connectivity index (χ3n) is 3.31. The van der Waals surface area contributed by atoms with Gasteiger partial charge in [0.05, 0.1) is 18.8 Å². The fourth-order valence-electron chi connectivity index (χ4n) is 2.23. The normalized spacial score (nSPS) is 16.6. The summed E-state index contributed by atoms with van der Waals surface area (Å²) in [5.74, 6) is 0. The lowest BCUT2D eigenvalue weighted by atomic mass is 10.1. The first-order chi connectivity index (χ1) is 9.31. The van der Waals surface area contributed by atoms with Crippen LogP contribution in [0, 0.1) is 0 Å². The maximum atomic E-state index is 5.16. The SMILES string of the molecule is CNCc1cn(CCN2CC=C(COC)CC2)nn1. The Morgan fingerprint density at radius 1 is 1.42 bits per heavy atom. The van der Waals surface area contributed by atoms with Crippen molar-refractivity contribution in [1.82, 2.24) is 25.2 Å². The van der Waals surface area contributed by atoms with Gasteiger partial charge in [0.25, 0.3) is 0 Å². The van der Waals surface area contributed by atoms with E-state index >= 15 is 0 Å². The van der Waals surface area contributed by atoms with Crippen molar-refractivity contribution in [3.8, 4) is 0 Å². The van der Waals surface area contributed by atoms with Crippen molar-refractivity contribution < 1.29 is 4.74 Å². The molecule has 0 saturated heterocycles. The van der Waals surface area contributed by atoms with E-state index in [0.717, 1.165) is 51.4 Å². The number of aromatic nitrogens is 3. The second-order valence-corrected chi connectivity index (χ2v) is 4.85. The van der Waals surface area contributed by atoms with Gasteiger partial charge in [-0.15, -0.1) is 5.10 Å². The number of hydrogen-bond acceptors (Lipinski definition) is 5. The van der Waals surface area contributed by atoms with Crippen molar-refractivity contribution in [3.63, 3.8) is 0 Å². The molecule has 6 heteroatoms. The van der Waals surface area contributed by atoms with Crippen LogP contribution in [-0.4, -0.2) is 60.3 Å². The standard InChI is InChI=1S/C13H23N5O/c1-14-9-13-10-18(16-15-13)8-7-17-5-3-12(4-6-17)11-19-2/h3,10,14H,4-9,11H2,1-2H3. The van der Waals surface area contributed by atoms with E-state index in [2.05, 4.69) is 26.6 Å². The van der Waals surface area contributed by atoms with Crippen LogP contribution in [0.5, 0.6) is 0 Å². The van der Waals surface area contributed by atoms with Crippen LogP contribution in [0.1, 0.15) is 12.1 Å². The van der Waals surface area contributed by atoms with Crippen molar-refractivity contribution in [2.75, 3.05) is 40.4 Å². The van der Waals surface area contributed by atoms with E-state index in [1.54, 1.807) is 7.11 Å². The number of nitrogens with zero attached hydrogens (tertiary/aromatic N) is 4. The second kappa shape index (κ2) is 7.37. The number of methoxy groups -OCH3 is 1. The molecule has 0 fully saturated rings. The highest BCUT2D eigenvalue weighted by atomic mass is 16.5. The Labute approximate surface area is 114 Å². The van der Waals surface area contributed by atoms with E-state index in [1.807, 2.05) is 17.9 Å². The molecule has 0 unspecified atom stereocenters. The zero-order valence-corrected chi connectivity index (χ0v) is 11.8. The van der Waals surface area contributed by atoms with Crippen LogP contribution in [0.4, 0.5) is 0 Å². The van der Waals surface area contributed by atoms with Crippen LogP contribution in [0.25, 0.3) is 0 Å². The number of ether oxygens (including phenoxy) is 1. The molecule has 1 aliphatic heterocycles. The molecule has 0 atom stereocenters. The molecule has 0 bridgehead atoms. The predicted octanol–water partition coefficient (Wildman–Crippen LogP) is 0.276. The summed E-state index contributed by atoms with van der Waals surface area (Å²) in [6.45, 7) is 5.56. The van der Waals surface area contributed by atoms with Gasteiger partial charge in [-0.25, -0.2) is 0 Å². The third kappa shape index (κ3) is 4.41. The summed E-state index contributed by atoms with van der Waals surface area (Å²) >= 11 is 0. The highest BCUT2D eigenvalue weighted by molar-refractivity contribution is 5.07. The summed E-state index contributed by atoms with van der Waals surface area (Å²) in [5.41, 5.74) is 2.40. The zero-order chi connectivity index (χ0) is 13.5. The van der Waals surface area contributed by atoms with E-state index in [4.69, 9.17) is 4.74 Å². The van der Waals surface area contributed by atoms with E-state index in [9.17, 15) is 0 Å². The molecule has 0 aliphatic carbocycles. The van der Waals surface area contributed by atoms with Crippen LogP contribution in [-0.2, 0) is 17.8 Å². The molecular formula is C13H23N5O. The van der Waals surface area contributed by atoms with Crippen molar-refractivity contribution in [2.24, 2.45) is 0 Å². The molecule has 106 valence electrons. The van der Waals surface area contributed by atoms with Gasteiger partial charge in [0.2, 0.25) is 0 Å². The lowest BCUT2D eigenvalue weighted by Gasteiger charge is -2.25. The van der Waals surface area contributed by atoms with E-state index in [-0.39, 0.29) is 0 Å². The fourth-order valence-corrected chi connectivity index (χ4v) is 2.23.